The first-order chi connectivity index (χ1) is 7.16. The lowest BCUT2D eigenvalue weighted by Gasteiger charge is -2.02. The average molecular weight is 220 g/mol. The van der Waals surface area contributed by atoms with Gasteiger partial charge in [0.05, 0.1) is 0 Å². The largest absolute Gasteiger partial charge is 0.327 e. The Bertz CT molecular complexity index is 545. The number of aromatic nitrogens is 1. The fraction of sp³-hybridized carbons (Fsp3) is 0.0833. The van der Waals surface area contributed by atoms with Crippen molar-refractivity contribution >= 4 is 11.6 Å². The normalized spacial score (nSPS) is 10.3. The summed E-state index contributed by atoms with van der Waals surface area (Å²) in [6.45, 7) is 2.02. The van der Waals surface area contributed by atoms with Crippen molar-refractivity contribution in [1.82, 2.24) is 4.98 Å². The van der Waals surface area contributed by atoms with Crippen molar-refractivity contribution in [2.75, 3.05) is 0 Å². The Balaban J connectivity index is 2.55. The molecule has 0 aliphatic heterocycles. The van der Waals surface area contributed by atoms with Crippen LogP contribution in [0.4, 0.5) is 0 Å². The van der Waals surface area contributed by atoms with Gasteiger partial charge in [0.1, 0.15) is 5.02 Å². The van der Waals surface area contributed by atoms with Gasteiger partial charge in [-0.15, -0.1) is 0 Å². The summed E-state index contributed by atoms with van der Waals surface area (Å²) in [5.74, 6) is 0. The quantitative estimate of drug-likeness (QED) is 0.786. The van der Waals surface area contributed by atoms with Crippen LogP contribution in [0, 0.1) is 6.92 Å². The molecule has 0 amide bonds. The van der Waals surface area contributed by atoms with Crippen molar-refractivity contribution in [3.63, 3.8) is 0 Å². The molecule has 3 heteroatoms. The van der Waals surface area contributed by atoms with Gasteiger partial charge in [-0.3, -0.25) is 4.79 Å². The van der Waals surface area contributed by atoms with Gasteiger partial charge in [0.25, 0.3) is 5.56 Å². The minimum absolute atomic E-state index is 0.217. The molecule has 0 unspecified atom stereocenters. The number of hydrogen-bond donors (Lipinski definition) is 1. The Morgan fingerprint density at radius 1 is 1.20 bits per heavy atom. The molecule has 2 rings (SSSR count). The Labute approximate surface area is 92.5 Å². The number of aromatic amines is 1. The van der Waals surface area contributed by atoms with Crippen LogP contribution < -0.4 is 5.56 Å². The second kappa shape index (κ2) is 3.91. The summed E-state index contributed by atoms with van der Waals surface area (Å²) in [7, 11) is 0. The van der Waals surface area contributed by atoms with Gasteiger partial charge in [-0.05, 0) is 24.1 Å². The second-order valence-corrected chi connectivity index (χ2v) is 3.84. The first kappa shape index (κ1) is 9.99. The number of nitrogens with one attached hydrogen (secondary N) is 1. The third kappa shape index (κ3) is 2.10. The van der Waals surface area contributed by atoms with E-state index in [9.17, 15) is 4.79 Å². The molecular formula is C12H10ClNO. The van der Waals surface area contributed by atoms with Crippen molar-refractivity contribution in [3.05, 3.63) is 57.5 Å². The van der Waals surface area contributed by atoms with Gasteiger partial charge in [-0.1, -0.05) is 41.4 Å². The van der Waals surface area contributed by atoms with Gasteiger partial charge in [-0.2, -0.15) is 0 Å². The van der Waals surface area contributed by atoms with E-state index in [0.717, 1.165) is 11.1 Å². The lowest BCUT2D eigenvalue weighted by molar-refractivity contribution is 1.24. The highest BCUT2D eigenvalue weighted by molar-refractivity contribution is 6.30. The summed E-state index contributed by atoms with van der Waals surface area (Å²) in [6, 6.07) is 9.70. The molecule has 76 valence electrons. The number of hydrogen-bond acceptors (Lipinski definition) is 1. The summed E-state index contributed by atoms with van der Waals surface area (Å²) in [4.78, 5) is 13.7. The van der Waals surface area contributed by atoms with Gasteiger partial charge in [0, 0.05) is 6.20 Å². The summed E-state index contributed by atoms with van der Waals surface area (Å²) < 4.78 is 0. The van der Waals surface area contributed by atoms with Crippen molar-refractivity contribution in [2.24, 2.45) is 0 Å². The zero-order valence-electron chi connectivity index (χ0n) is 8.25. The Morgan fingerprint density at radius 2 is 2.00 bits per heavy atom. The van der Waals surface area contributed by atoms with Crippen LogP contribution >= 0.6 is 11.6 Å². The monoisotopic (exact) mass is 219 g/mol. The number of halogens is 1. The molecule has 0 aliphatic carbocycles. The van der Waals surface area contributed by atoms with Crippen molar-refractivity contribution in [3.8, 4) is 11.1 Å². The summed E-state index contributed by atoms with van der Waals surface area (Å²) >= 11 is 5.76. The highest BCUT2D eigenvalue weighted by Crippen LogP contribution is 2.20. The molecule has 0 aliphatic rings. The Morgan fingerprint density at radius 3 is 2.67 bits per heavy atom. The van der Waals surface area contributed by atoms with Crippen molar-refractivity contribution in [2.45, 2.75) is 6.92 Å². The Hall–Kier alpha value is -1.54. The summed E-state index contributed by atoms with van der Waals surface area (Å²) in [6.07, 6.45) is 1.67. The minimum atomic E-state index is -0.256. The summed E-state index contributed by atoms with van der Waals surface area (Å²) in [5.41, 5.74) is 2.89. The first-order valence-electron chi connectivity index (χ1n) is 4.62. The van der Waals surface area contributed by atoms with Gasteiger partial charge in [0.2, 0.25) is 0 Å². The molecule has 0 atom stereocenters. The molecule has 0 fully saturated rings. The van der Waals surface area contributed by atoms with E-state index < -0.39 is 0 Å². The number of aryl methyl sites for hydroxylation is 1. The molecule has 2 nitrogen and oxygen atoms in total. The molecule has 0 radical (unpaired) electrons. The molecule has 15 heavy (non-hydrogen) atoms. The summed E-state index contributed by atoms with van der Waals surface area (Å²) in [5, 5.41) is 0.217. The van der Waals surface area contributed by atoms with Crippen LogP contribution in [0.1, 0.15) is 5.56 Å². The predicted molar refractivity (Wildman–Crippen MR) is 62.2 cm³/mol. The second-order valence-electron chi connectivity index (χ2n) is 3.43. The molecule has 0 saturated carbocycles. The molecule has 2 aromatic rings. The van der Waals surface area contributed by atoms with Crippen LogP contribution in [0.5, 0.6) is 0 Å². The van der Waals surface area contributed by atoms with Gasteiger partial charge < -0.3 is 4.98 Å². The van der Waals surface area contributed by atoms with Crippen LogP contribution in [-0.2, 0) is 0 Å². The molecule has 1 aromatic carbocycles. The molecular weight excluding hydrogens is 210 g/mol. The van der Waals surface area contributed by atoms with Crippen LogP contribution in [0.2, 0.25) is 5.02 Å². The van der Waals surface area contributed by atoms with E-state index in [1.165, 1.54) is 5.56 Å². The van der Waals surface area contributed by atoms with E-state index in [4.69, 9.17) is 11.6 Å². The van der Waals surface area contributed by atoms with E-state index in [1.54, 1.807) is 12.3 Å². The van der Waals surface area contributed by atoms with E-state index in [-0.39, 0.29) is 10.6 Å². The maximum Gasteiger partial charge on any atom is 0.266 e. The zero-order chi connectivity index (χ0) is 10.8. The molecule has 1 heterocycles. The fourth-order valence-electron chi connectivity index (χ4n) is 1.45. The number of pyridine rings is 1. The van der Waals surface area contributed by atoms with Crippen molar-refractivity contribution < 1.29 is 0 Å². The van der Waals surface area contributed by atoms with Crippen molar-refractivity contribution in [1.29, 1.82) is 0 Å². The maximum atomic E-state index is 11.1. The lowest BCUT2D eigenvalue weighted by Crippen LogP contribution is -2.04. The third-order valence-corrected chi connectivity index (χ3v) is 2.49. The van der Waals surface area contributed by atoms with E-state index >= 15 is 0 Å². The Kier molecular flexibility index (Phi) is 2.60. The number of rotatable bonds is 1. The lowest BCUT2D eigenvalue weighted by atomic mass is 10.1. The van der Waals surface area contributed by atoms with Crippen LogP contribution in [0.25, 0.3) is 11.1 Å². The molecule has 0 bridgehead atoms. The fourth-order valence-corrected chi connectivity index (χ4v) is 1.62. The van der Waals surface area contributed by atoms with Gasteiger partial charge in [-0.25, -0.2) is 0 Å². The maximum absolute atomic E-state index is 11.1. The SMILES string of the molecule is Cc1cccc(-c2c[nH]c(=O)c(Cl)c2)c1. The molecule has 0 spiro atoms. The zero-order valence-corrected chi connectivity index (χ0v) is 9.01. The van der Waals surface area contributed by atoms with Crippen LogP contribution in [0.3, 0.4) is 0 Å². The number of H-pyrrole nitrogens is 1. The van der Waals surface area contributed by atoms with E-state index in [1.807, 2.05) is 31.2 Å². The molecule has 0 saturated heterocycles. The average Bonchev–Trinajstić information content (AvgIpc) is 2.22. The standard InChI is InChI=1S/C12H10ClNO/c1-8-3-2-4-9(5-8)10-6-11(13)12(15)14-7-10/h2-7H,1H3,(H,14,15). The minimum Gasteiger partial charge on any atom is -0.327 e. The third-order valence-electron chi connectivity index (χ3n) is 2.21. The molecule has 1 N–H and O–H groups in total. The van der Waals surface area contributed by atoms with Crippen LogP contribution in [-0.4, -0.2) is 4.98 Å². The predicted octanol–water partition coefficient (Wildman–Crippen LogP) is 3.00. The highest BCUT2D eigenvalue weighted by atomic mass is 35.5. The first-order valence-corrected chi connectivity index (χ1v) is 5.00. The van der Waals surface area contributed by atoms with Gasteiger partial charge >= 0.3 is 0 Å². The van der Waals surface area contributed by atoms with Crippen LogP contribution in [0.15, 0.2) is 41.3 Å². The van der Waals surface area contributed by atoms with E-state index in [2.05, 4.69) is 4.98 Å². The van der Waals surface area contributed by atoms with E-state index in [0.29, 0.717) is 0 Å². The number of benzene rings is 1. The highest BCUT2D eigenvalue weighted by Gasteiger charge is 2.01. The smallest absolute Gasteiger partial charge is 0.266 e. The molecule has 1 aromatic heterocycles. The topological polar surface area (TPSA) is 32.9 Å². The van der Waals surface area contributed by atoms with Gasteiger partial charge in [0.15, 0.2) is 0 Å².